The summed E-state index contributed by atoms with van der Waals surface area (Å²) in [5, 5.41) is 5.56. The van der Waals surface area contributed by atoms with Crippen molar-refractivity contribution in [2.45, 2.75) is 6.61 Å². The maximum absolute atomic E-state index is 12.4. The molecule has 0 saturated heterocycles. The lowest BCUT2D eigenvalue weighted by Crippen LogP contribution is -2.32. The lowest BCUT2D eigenvalue weighted by atomic mass is 10.2. The molecule has 0 radical (unpaired) electrons. The van der Waals surface area contributed by atoms with E-state index in [2.05, 4.69) is 15.4 Å². The summed E-state index contributed by atoms with van der Waals surface area (Å²) < 4.78 is 39.8. The van der Waals surface area contributed by atoms with Gasteiger partial charge in [0.1, 0.15) is 11.5 Å². The van der Waals surface area contributed by atoms with Crippen LogP contribution in [0.15, 0.2) is 66.7 Å². The SMILES string of the molecule is COc1cc(C(=O)NCC(=O)Nc2ccc(Oc3ccccc3Cl)cc2)ccc1OC(F)F. The van der Waals surface area contributed by atoms with Crippen molar-refractivity contribution in [2.75, 3.05) is 19.0 Å². The molecule has 0 unspecified atom stereocenters. The van der Waals surface area contributed by atoms with Crippen LogP contribution in [0.3, 0.4) is 0 Å². The molecule has 0 saturated carbocycles. The Balaban J connectivity index is 1.52. The molecule has 172 valence electrons. The van der Waals surface area contributed by atoms with Gasteiger partial charge in [0.05, 0.1) is 18.7 Å². The summed E-state index contributed by atoms with van der Waals surface area (Å²) >= 11 is 6.06. The van der Waals surface area contributed by atoms with Crippen LogP contribution in [0.2, 0.25) is 5.02 Å². The second kappa shape index (κ2) is 11.1. The third-order valence-electron chi connectivity index (χ3n) is 4.25. The van der Waals surface area contributed by atoms with Crippen molar-refractivity contribution in [1.29, 1.82) is 0 Å². The molecule has 0 aliphatic heterocycles. The zero-order valence-corrected chi connectivity index (χ0v) is 18.1. The molecule has 0 heterocycles. The summed E-state index contributed by atoms with van der Waals surface area (Å²) in [6.45, 7) is -3.34. The van der Waals surface area contributed by atoms with Crippen LogP contribution in [0.25, 0.3) is 0 Å². The molecule has 3 rings (SSSR count). The molecule has 3 aromatic rings. The fourth-order valence-electron chi connectivity index (χ4n) is 2.73. The average molecular weight is 477 g/mol. The number of benzene rings is 3. The Hall–Kier alpha value is -3.85. The van der Waals surface area contributed by atoms with Crippen LogP contribution in [0, 0.1) is 0 Å². The third-order valence-corrected chi connectivity index (χ3v) is 4.57. The number of anilines is 1. The van der Waals surface area contributed by atoms with Gasteiger partial charge in [-0.25, -0.2) is 0 Å². The van der Waals surface area contributed by atoms with E-state index in [1.54, 1.807) is 48.5 Å². The van der Waals surface area contributed by atoms with Crippen molar-refractivity contribution in [3.05, 3.63) is 77.3 Å². The lowest BCUT2D eigenvalue weighted by Gasteiger charge is -2.12. The van der Waals surface area contributed by atoms with Gasteiger partial charge in [0, 0.05) is 11.3 Å². The van der Waals surface area contributed by atoms with E-state index in [-0.39, 0.29) is 23.6 Å². The Kier molecular flexibility index (Phi) is 8.04. The first-order valence-electron chi connectivity index (χ1n) is 9.59. The molecule has 0 spiro atoms. The van der Waals surface area contributed by atoms with Crippen molar-refractivity contribution in [1.82, 2.24) is 5.32 Å². The summed E-state index contributed by atoms with van der Waals surface area (Å²) in [5.74, 6) is -0.259. The fourth-order valence-corrected chi connectivity index (χ4v) is 2.91. The molecule has 0 aromatic heterocycles. The molecule has 2 amide bonds. The lowest BCUT2D eigenvalue weighted by molar-refractivity contribution is -0.115. The number of halogens is 3. The quantitative estimate of drug-likeness (QED) is 0.448. The van der Waals surface area contributed by atoms with E-state index in [1.165, 1.54) is 25.3 Å². The molecule has 0 fully saturated rings. The van der Waals surface area contributed by atoms with Gasteiger partial charge in [-0.05, 0) is 54.6 Å². The second-order valence-electron chi connectivity index (χ2n) is 6.53. The van der Waals surface area contributed by atoms with Crippen LogP contribution >= 0.6 is 11.6 Å². The number of rotatable bonds is 9. The van der Waals surface area contributed by atoms with E-state index >= 15 is 0 Å². The van der Waals surface area contributed by atoms with E-state index in [0.717, 1.165) is 0 Å². The molecule has 33 heavy (non-hydrogen) atoms. The number of alkyl halides is 2. The van der Waals surface area contributed by atoms with Crippen LogP contribution in [-0.4, -0.2) is 32.1 Å². The molecule has 7 nitrogen and oxygen atoms in total. The summed E-state index contributed by atoms with van der Waals surface area (Å²) in [7, 11) is 1.26. The smallest absolute Gasteiger partial charge is 0.387 e. The predicted molar refractivity (Wildman–Crippen MR) is 119 cm³/mol. The molecule has 3 aromatic carbocycles. The van der Waals surface area contributed by atoms with E-state index in [1.807, 2.05) is 0 Å². The van der Waals surface area contributed by atoms with Gasteiger partial charge in [0.25, 0.3) is 5.91 Å². The van der Waals surface area contributed by atoms with Gasteiger partial charge in [-0.15, -0.1) is 0 Å². The monoisotopic (exact) mass is 476 g/mol. The fraction of sp³-hybridized carbons (Fsp3) is 0.130. The van der Waals surface area contributed by atoms with E-state index in [9.17, 15) is 18.4 Å². The Morgan fingerprint density at radius 3 is 2.36 bits per heavy atom. The number of nitrogens with one attached hydrogen (secondary N) is 2. The highest BCUT2D eigenvalue weighted by Gasteiger charge is 2.15. The topological polar surface area (TPSA) is 85.9 Å². The van der Waals surface area contributed by atoms with Crippen molar-refractivity contribution in [2.24, 2.45) is 0 Å². The Morgan fingerprint density at radius 2 is 1.70 bits per heavy atom. The average Bonchev–Trinajstić information content (AvgIpc) is 2.80. The first-order chi connectivity index (χ1) is 15.9. The Morgan fingerprint density at radius 1 is 0.970 bits per heavy atom. The van der Waals surface area contributed by atoms with Gasteiger partial charge in [-0.3, -0.25) is 9.59 Å². The number of carbonyl (C=O) groups excluding carboxylic acids is 2. The van der Waals surface area contributed by atoms with Gasteiger partial charge in [0.15, 0.2) is 11.5 Å². The van der Waals surface area contributed by atoms with Crippen LogP contribution in [0.5, 0.6) is 23.0 Å². The normalized spacial score (nSPS) is 10.5. The summed E-state index contributed by atoms with van der Waals surface area (Å²) in [6, 6.07) is 17.3. The largest absolute Gasteiger partial charge is 0.493 e. The van der Waals surface area contributed by atoms with Crippen molar-refractivity contribution >= 4 is 29.1 Å². The van der Waals surface area contributed by atoms with Crippen molar-refractivity contribution in [3.63, 3.8) is 0 Å². The van der Waals surface area contributed by atoms with Gasteiger partial charge >= 0.3 is 6.61 Å². The van der Waals surface area contributed by atoms with E-state index < -0.39 is 18.4 Å². The second-order valence-corrected chi connectivity index (χ2v) is 6.94. The summed E-state index contributed by atoms with van der Waals surface area (Å²) in [4.78, 5) is 24.5. The third kappa shape index (κ3) is 6.81. The van der Waals surface area contributed by atoms with Crippen LogP contribution in [0.1, 0.15) is 10.4 Å². The molecule has 0 bridgehead atoms. The van der Waals surface area contributed by atoms with Gasteiger partial charge < -0.3 is 24.8 Å². The number of ether oxygens (including phenoxy) is 3. The highest BCUT2D eigenvalue weighted by Crippen LogP contribution is 2.30. The minimum Gasteiger partial charge on any atom is -0.493 e. The van der Waals surface area contributed by atoms with Crippen LogP contribution in [0.4, 0.5) is 14.5 Å². The molecule has 0 aliphatic carbocycles. The Bertz CT molecular complexity index is 1130. The highest BCUT2D eigenvalue weighted by molar-refractivity contribution is 6.32. The maximum Gasteiger partial charge on any atom is 0.387 e. The number of methoxy groups -OCH3 is 1. The zero-order valence-electron chi connectivity index (χ0n) is 17.3. The van der Waals surface area contributed by atoms with Crippen LogP contribution in [-0.2, 0) is 4.79 Å². The van der Waals surface area contributed by atoms with Gasteiger partial charge in [-0.2, -0.15) is 8.78 Å². The van der Waals surface area contributed by atoms with Crippen molar-refractivity contribution < 1.29 is 32.6 Å². The summed E-state index contributed by atoms with van der Waals surface area (Å²) in [5.41, 5.74) is 0.610. The number of amides is 2. The van der Waals surface area contributed by atoms with E-state index in [4.69, 9.17) is 21.1 Å². The molecular formula is C23H19ClF2N2O5. The first kappa shape index (κ1) is 23.8. The van der Waals surface area contributed by atoms with Gasteiger partial charge in [0.2, 0.25) is 5.91 Å². The molecule has 0 aliphatic rings. The first-order valence-corrected chi connectivity index (χ1v) is 9.97. The van der Waals surface area contributed by atoms with Crippen molar-refractivity contribution in [3.8, 4) is 23.0 Å². The maximum atomic E-state index is 12.4. The molecule has 2 N–H and O–H groups in total. The number of carbonyl (C=O) groups is 2. The number of hydrogen-bond donors (Lipinski definition) is 2. The minimum absolute atomic E-state index is 0.0356. The standard InChI is InChI=1S/C23H19ClF2N2O5/c1-31-20-12-14(6-11-19(20)33-23(25)26)22(30)27-13-21(29)28-15-7-9-16(10-8-15)32-18-5-3-2-4-17(18)24/h2-12,23H,13H2,1H3,(H,27,30)(H,28,29). The highest BCUT2D eigenvalue weighted by atomic mass is 35.5. The molecular weight excluding hydrogens is 458 g/mol. The van der Waals surface area contributed by atoms with E-state index in [0.29, 0.717) is 22.2 Å². The summed E-state index contributed by atoms with van der Waals surface area (Å²) in [6.07, 6.45) is 0. The minimum atomic E-state index is -3.03. The van der Waals surface area contributed by atoms with Gasteiger partial charge in [-0.1, -0.05) is 23.7 Å². The van der Waals surface area contributed by atoms with Crippen LogP contribution < -0.4 is 24.8 Å². The number of hydrogen-bond acceptors (Lipinski definition) is 5. The zero-order chi connectivity index (χ0) is 23.8. The number of para-hydroxylation sites is 1. The molecule has 10 heteroatoms. The Labute approximate surface area is 193 Å². The molecule has 0 atom stereocenters. The predicted octanol–water partition coefficient (Wildman–Crippen LogP) is 5.11.